The van der Waals surface area contributed by atoms with Gasteiger partial charge in [-0.05, 0) is 24.6 Å². The zero-order chi connectivity index (χ0) is 21.1. The molecule has 160 valence electrons. The second kappa shape index (κ2) is 11.6. The van der Waals surface area contributed by atoms with Crippen molar-refractivity contribution in [3.05, 3.63) is 45.9 Å². The third kappa shape index (κ3) is 8.28. The molecule has 0 amide bonds. The summed E-state index contributed by atoms with van der Waals surface area (Å²) in [6, 6.07) is 7.97. The Hall–Kier alpha value is -2.33. The number of hydrogen-bond donors (Lipinski definition) is 3. The van der Waals surface area contributed by atoms with Crippen LogP contribution in [0.3, 0.4) is 0 Å². The predicted molar refractivity (Wildman–Crippen MR) is 110 cm³/mol. The molecule has 0 unspecified atom stereocenters. The quantitative estimate of drug-likeness (QED) is 0.306. The van der Waals surface area contributed by atoms with E-state index in [1.54, 1.807) is 7.11 Å². The third-order valence-corrected chi connectivity index (χ3v) is 4.74. The highest BCUT2D eigenvalue weighted by atomic mass is 32.1. The zero-order valence-electron chi connectivity index (χ0n) is 16.5. The van der Waals surface area contributed by atoms with Crippen molar-refractivity contribution in [1.82, 2.24) is 15.6 Å². The first-order valence-electron chi connectivity index (χ1n) is 9.28. The first-order valence-corrected chi connectivity index (χ1v) is 10.2. The van der Waals surface area contributed by atoms with Gasteiger partial charge in [0.2, 0.25) is 0 Å². The number of nitrogens with zero attached hydrogens (tertiary/aromatic N) is 2. The van der Waals surface area contributed by atoms with Crippen LogP contribution in [0.4, 0.5) is 18.9 Å². The van der Waals surface area contributed by atoms with Crippen molar-refractivity contribution < 1.29 is 17.9 Å². The molecule has 29 heavy (non-hydrogen) atoms. The summed E-state index contributed by atoms with van der Waals surface area (Å²) < 4.78 is 42.8. The lowest BCUT2D eigenvalue weighted by Crippen LogP contribution is -2.38. The molecule has 1 aromatic carbocycles. The van der Waals surface area contributed by atoms with Crippen molar-refractivity contribution in [1.29, 1.82) is 0 Å². The molecule has 2 aromatic rings. The van der Waals surface area contributed by atoms with Crippen molar-refractivity contribution in [3.63, 3.8) is 0 Å². The number of halogens is 3. The molecule has 0 saturated carbocycles. The highest BCUT2D eigenvalue weighted by Crippen LogP contribution is 2.29. The Morgan fingerprint density at radius 1 is 1.17 bits per heavy atom. The van der Waals surface area contributed by atoms with Crippen LogP contribution >= 0.6 is 11.3 Å². The maximum Gasteiger partial charge on any atom is 0.434 e. The Kier molecular flexibility index (Phi) is 9.20. The number of alkyl halides is 3. The first-order chi connectivity index (χ1) is 13.9. The first kappa shape index (κ1) is 23.0. The molecule has 2 rings (SSSR count). The number of aliphatic imine (C=N–C) groups is 1. The largest absolute Gasteiger partial charge is 0.434 e. The Morgan fingerprint density at radius 3 is 2.55 bits per heavy atom. The summed E-state index contributed by atoms with van der Waals surface area (Å²) in [6.45, 7) is 4.95. The van der Waals surface area contributed by atoms with Gasteiger partial charge in [-0.15, -0.1) is 11.3 Å². The van der Waals surface area contributed by atoms with Crippen LogP contribution in [-0.4, -0.2) is 44.3 Å². The molecular weight excluding hydrogens is 403 g/mol. The number of ether oxygens (including phenoxy) is 1. The Balaban J connectivity index is 1.83. The van der Waals surface area contributed by atoms with Gasteiger partial charge >= 0.3 is 6.18 Å². The second-order valence-corrected chi connectivity index (χ2v) is 7.06. The van der Waals surface area contributed by atoms with E-state index in [9.17, 15) is 13.2 Å². The van der Waals surface area contributed by atoms with Gasteiger partial charge in [-0.1, -0.05) is 12.1 Å². The minimum absolute atomic E-state index is 0.396. The lowest BCUT2D eigenvalue weighted by Gasteiger charge is -2.11. The molecule has 10 heteroatoms. The molecule has 0 radical (unpaired) electrons. The number of anilines is 1. The number of nitrogens with one attached hydrogen (secondary N) is 3. The number of guanidine groups is 1. The SMILES string of the molecule is CCNC(=NCc1ccc(NCCOC)cc1)NCCc1nc(C(F)(F)F)cs1. The van der Waals surface area contributed by atoms with Crippen molar-refractivity contribution in [2.24, 2.45) is 4.99 Å². The van der Waals surface area contributed by atoms with Gasteiger partial charge in [0.1, 0.15) is 0 Å². The molecule has 0 aliphatic rings. The highest BCUT2D eigenvalue weighted by Gasteiger charge is 2.33. The Bertz CT molecular complexity index is 762. The van der Waals surface area contributed by atoms with Crippen LogP contribution in [0.15, 0.2) is 34.6 Å². The number of thiazole rings is 1. The fourth-order valence-electron chi connectivity index (χ4n) is 2.38. The molecular formula is C19H26F3N5OS. The van der Waals surface area contributed by atoms with Gasteiger partial charge in [-0.3, -0.25) is 0 Å². The van der Waals surface area contributed by atoms with Gasteiger partial charge < -0.3 is 20.7 Å². The topological polar surface area (TPSA) is 70.6 Å². The van der Waals surface area contributed by atoms with Gasteiger partial charge in [0.15, 0.2) is 11.7 Å². The lowest BCUT2D eigenvalue weighted by molar-refractivity contribution is -0.140. The van der Waals surface area contributed by atoms with Gasteiger partial charge in [0, 0.05) is 44.2 Å². The summed E-state index contributed by atoms with van der Waals surface area (Å²) >= 11 is 1.01. The maximum atomic E-state index is 12.6. The zero-order valence-corrected chi connectivity index (χ0v) is 17.3. The van der Waals surface area contributed by atoms with E-state index in [0.29, 0.717) is 43.6 Å². The lowest BCUT2D eigenvalue weighted by atomic mass is 10.2. The fraction of sp³-hybridized carbons (Fsp3) is 0.474. The van der Waals surface area contributed by atoms with Gasteiger partial charge in [0.25, 0.3) is 0 Å². The van der Waals surface area contributed by atoms with Crippen LogP contribution in [-0.2, 0) is 23.9 Å². The molecule has 0 atom stereocenters. The van der Waals surface area contributed by atoms with E-state index in [1.807, 2.05) is 31.2 Å². The number of benzene rings is 1. The van der Waals surface area contributed by atoms with E-state index in [0.717, 1.165) is 34.5 Å². The summed E-state index contributed by atoms with van der Waals surface area (Å²) in [5, 5.41) is 11.0. The van der Waals surface area contributed by atoms with Gasteiger partial charge in [-0.2, -0.15) is 13.2 Å². The van der Waals surface area contributed by atoms with Gasteiger partial charge in [0.05, 0.1) is 18.2 Å². The summed E-state index contributed by atoms with van der Waals surface area (Å²) in [5.41, 5.74) is 1.23. The maximum absolute atomic E-state index is 12.6. The minimum Gasteiger partial charge on any atom is -0.383 e. The minimum atomic E-state index is -4.40. The van der Waals surface area contributed by atoms with E-state index in [-0.39, 0.29) is 0 Å². The predicted octanol–water partition coefficient (Wildman–Crippen LogP) is 3.52. The monoisotopic (exact) mass is 429 g/mol. The molecule has 3 N–H and O–H groups in total. The molecule has 0 fully saturated rings. The number of rotatable bonds is 10. The number of hydrogen-bond acceptors (Lipinski definition) is 5. The number of methoxy groups -OCH3 is 1. The van der Waals surface area contributed by atoms with Crippen LogP contribution in [0.1, 0.15) is 23.2 Å². The van der Waals surface area contributed by atoms with E-state index >= 15 is 0 Å². The average Bonchev–Trinajstić information content (AvgIpc) is 3.17. The summed E-state index contributed by atoms with van der Waals surface area (Å²) in [4.78, 5) is 8.15. The summed E-state index contributed by atoms with van der Waals surface area (Å²) in [7, 11) is 1.66. The van der Waals surface area contributed by atoms with Crippen molar-refractivity contribution >= 4 is 23.0 Å². The van der Waals surface area contributed by atoms with Gasteiger partial charge in [-0.25, -0.2) is 9.98 Å². The molecule has 1 heterocycles. The van der Waals surface area contributed by atoms with Crippen LogP contribution in [0.2, 0.25) is 0 Å². The average molecular weight is 430 g/mol. The van der Waals surface area contributed by atoms with Crippen LogP contribution in [0, 0.1) is 0 Å². The van der Waals surface area contributed by atoms with Crippen LogP contribution in [0.25, 0.3) is 0 Å². The van der Waals surface area contributed by atoms with E-state index < -0.39 is 11.9 Å². The fourth-order valence-corrected chi connectivity index (χ4v) is 3.19. The number of aromatic nitrogens is 1. The summed E-state index contributed by atoms with van der Waals surface area (Å²) in [5.74, 6) is 0.613. The van der Waals surface area contributed by atoms with E-state index in [2.05, 4.69) is 25.9 Å². The standard InChI is InChI=1S/C19H26F3N5OS/c1-3-23-18(25-9-8-17-27-16(13-29-17)19(20,21)22)26-12-14-4-6-15(7-5-14)24-10-11-28-2/h4-7,13,24H,3,8-12H2,1-2H3,(H2,23,25,26). The third-order valence-electron chi connectivity index (χ3n) is 3.83. The molecule has 0 saturated heterocycles. The Labute approximate surface area is 172 Å². The normalized spacial score (nSPS) is 12.1. The van der Waals surface area contributed by atoms with Crippen molar-refractivity contribution in [3.8, 4) is 0 Å². The molecule has 1 aromatic heterocycles. The molecule has 6 nitrogen and oxygen atoms in total. The molecule has 0 spiro atoms. The van der Waals surface area contributed by atoms with E-state index in [4.69, 9.17) is 4.74 Å². The highest BCUT2D eigenvalue weighted by molar-refractivity contribution is 7.09. The van der Waals surface area contributed by atoms with Crippen LogP contribution in [0.5, 0.6) is 0 Å². The van der Waals surface area contributed by atoms with Crippen molar-refractivity contribution in [2.75, 3.05) is 38.7 Å². The summed E-state index contributed by atoms with van der Waals surface area (Å²) in [6.07, 6.45) is -4.00. The molecule has 0 aliphatic carbocycles. The second-order valence-electron chi connectivity index (χ2n) is 6.11. The smallest absolute Gasteiger partial charge is 0.383 e. The van der Waals surface area contributed by atoms with Crippen LogP contribution < -0.4 is 16.0 Å². The van der Waals surface area contributed by atoms with Crippen molar-refractivity contribution in [2.45, 2.75) is 26.1 Å². The van der Waals surface area contributed by atoms with E-state index in [1.165, 1.54) is 0 Å². The Morgan fingerprint density at radius 2 is 1.93 bits per heavy atom. The molecule has 0 aliphatic heterocycles. The molecule has 0 bridgehead atoms.